The Labute approximate surface area is 101 Å². The lowest BCUT2D eigenvalue weighted by atomic mass is 10.1. The zero-order chi connectivity index (χ0) is 11.3. The summed E-state index contributed by atoms with van der Waals surface area (Å²) in [5, 5.41) is 1.09. The van der Waals surface area contributed by atoms with Crippen molar-refractivity contribution in [2.75, 3.05) is 7.11 Å². The summed E-state index contributed by atoms with van der Waals surface area (Å²) in [5.74, 6) is 1.01. The Bertz CT molecular complexity index is 601. The van der Waals surface area contributed by atoms with Crippen LogP contribution in [0, 0.1) is 0 Å². The van der Waals surface area contributed by atoms with Gasteiger partial charge in [0.25, 0.3) is 0 Å². The normalized spacial score (nSPS) is 14.5. The molecule has 1 heterocycles. The first kappa shape index (κ1) is 9.90. The summed E-state index contributed by atoms with van der Waals surface area (Å²) in [4.78, 5) is 14.8. The third-order valence-electron chi connectivity index (χ3n) is 3.06. The highest BCUT2D eigenvalue weighted by molar-refractivity contribution is 9.10. The van der Waals surface area contributed by atoms with Gasteiger partial charge in [0.15, 0.2) is 5.78 Å². The molecule has 0 bridgehead atoms. The van der Waals surface area contributed by atoms with Crippen LogP contribution in [-0.2, 0) is 6.42 Å². The van der Waals surface area contributed by atoms with Gasteiger partial charge in [-0.05, 0) is 40.0 Å². The summed E-state index contributed by atoms with van der Waals surface area (Å²) in [6.45, 7) is 0. The van der Waals surface area contributed by atoms with E-state index in [0.717, 1.165) is 38.8 Å². The molecule has 3 rings (SSSR count). The Morgan fingerprint density at radius 1 is 1.38 bits per heavy atom. The van der Waals surface area contributed by atoms with Crippen molar-refractivity contribution in [3.05, 3.63) is 27.9 Å². The summed E-state index contributed by atoms with van der Waals surface area (Å²) in [6.07, 6.45) is 1.44. The third-order valence-corrected chi connectivity index (χ3v) is 3.68. The largest absolute Gasteiger partial charge is 0.497 e. The van der Waals surface area contributed by atoms with E-state index in [1.165, 1.54) is 0 Å². The Morgan fingerprint density at radius 3 is 2.94 bits per heavy atom. The second kappa shape index (κ2) is 3.35. The fourth-order valence-electron chi connectivity index (χ4n) is 2.26. The molecule has 1 aliphatic carbocycles. The minimum absolute atomic E-state index is 0.206. The number of ketones is 1. The van der Waals surface area contributed by atoms with Crippen LogP contribution in [0.1, 0.15) is 22.5 Å². The van der Waals surface area contributed by atoms with Gasteiger partial charge >= 0.3 is 0 Å². The number of rotatable bonds is 1. The van der Waals surface area contributed by atoms with E-state index in [-0.39, 0.29) is 5.78 Å². The molecule has 3 nitrogen and oxygen atoms in total. The fourth-order valence-corrected chi connectivity index (χ4v) is 2.80. The molecule has 0 spiro atoms. The number of methoxy groups -OCH3 is 1. The van der Waals surface area contributed by atoms with E-state index in [0.29, 0.717) is 6.42 Å². The van der Waals surface area contributed by atoms with Gasteiger partial charge < -0.3 is 9.72 Å². The molecule has 0 unspecified atom stereocenters. The predicted octanol–water partition coefficient (Wildman–Crippen LogP) is 3.07. The highest BCUT2D eigenvalue weighted by atomic mass is 79.9. The minimum Gasteiger partial charge on any atom is -0.497 e. The average Bonchev–Trinajstić information content (AvgIpc) is 2.80. The molecule has 0 amide bonds. The topological polar surface area (TPSA) is 42.1 Å². The third kappa shape index (κ3) is 1.23. The van der Waals surface area contributed by atoms with Crippen molar-refractivity contribution in [2.24, 2.45) is 0 Å². The number of aryl methyl sites for hydroxylation is 1. The van der Waals surface area contributed by atoms with Gasteiger partial charge in [-0.3, -0.25) is 4.79 Å². The summed E-state index contributed by atoms with van der Waals surface area (Å²) in [6, 6.07) is 3.88. The number of aromatic nitrogens is 1. The van der Waals surface area contributed by atoms with Crippen LogP contribution in [0.25, 0.3) is 10.9 Å². The molecule has 2 aromatic rings. The van der Waals surface area contributed by atoms with Gasteiger partial charge in [0, 0.05) is 16.3 Å². The lowest BCUT2D eigenvalue weighted by Gasteiger charge is -2.02. The number of carbonyl (C=O) groups is 1. The molecule has 1 N–H and O–H groups in total. The van der Waals surface area contributed by atoms with E-state index >= 15 is 0 Å². The molecule has 1 aromatic carbocycles. The SMILES string of the molecule is COc1cc(Br)c2[nH]c3c(c2c1)CCC3=O. The number of benzene rings is 1. The average molecular weight is 280 g/mol. The number of hydrogen-bond donors (Lipinski definition) is 1. The number of nitrogens with one attached hydrogen (secondary N) is 1. The Kier molecular flexibility index (Phi) is 2.07. The van der Waals surface area contributed by atoms with Crippen LogP contribution in [-0.4, -0.2) is 17.9 Å². The molecule has 0 aliphatic heterocycles. The monoisotopic (exact) mass is 279 g/mol. The van der Waals surface area contributed by atoms with Crippen LogP contribution >= 0.6 is 15.9 Å². The second-order valence-corrected chi connectivity index (χ2v) is 4.79. The summed E-state index contributed by atoms with van der Waals surface area (Å²) in [5.41, 5.74) is 2.88. The summed E-state index contributed by atoms with van der Waals surface area (Å²) < 4.78 is 6.16. The molecule has 0 saturated heterocycles. The number of fused-ring (bicyclic) bond motifs is 3. The van der Waals surface area contributed by atoms with Crippen LogP contribution < -0.4 is 4.74 Å². The second-order valence-electron chi connectivity index (χ2n) is 3.93. The van der Waals surface area contributed by atoms with Gasteiger partial charge in [-0.15, -0.1) is 0 Å². The van der Waals surface area contributed by atoms with E-state index in [1.54, 1.807) is 7.11 Å². The Morgan fingerprint density at radius 2 is 2.19 bits per heavy atom. The van der Waals surface area contributed by atoms with Gasteiger partial charge in [-0.1, -0.05) is 0 Å². The Hall–Kier alpha value is -1.29. The highest BCUT2D eigenvalue weighted by Crippen LogP contribution is 2.36. The van der Waals surface area contributed by atoms with Crippen LogP contribution in [0.2, 0.25) is 0 Å². The van der Waals surface area contributed by atoms with Gasteiger partial charge in [0.05, 0.1) is 18.3 Å². The van der Waals surface area contributed by atoms with Gasteiger partial charge in [0.1, 0.15) is 5.75 Å². The van der Waals surface area contributed by atoms with Gasteiger partial charge in [-0.25, -0.2) is 0 Å². The number of H-pyrrole nitrogens is 1. The fraction of sp³-hybridized carbons (Fsp3) is 0.250. The van der Waals surface area contributed by atoms with Crippen LogP contribution in [0.4, 0.5) is 0 Å². The zero-order valence-electron chi connectivity index (χ0n) is 8.76. The lowest BCUT2D eigenvalue weighted by Crippen LogP contribution is -1.91. The van der Waals surface area contributed by atoms with Crippen molar-refractivity contribution in [3.8, 4) is 5.75 Å². The van der Waals surface area contributed by atoms with E-state index < -0.39 is 0 Å². The van der Waals surface area contributed by atoms with Crippen LogP contribution in [0.5, 0.6) is 5.75 Å². The maximum atomic E-state index is 11.6. The van der Waals surface area contributed by atoms with E-state index in [2.05, 4.69) is 20.9 Å². The molecule has 0 saturated carbocycles. The maximum absolute atomic E-state index is 11.6. The van der Waals surface area contributed by atoms with Crippen LogP contribution in [0.15, 0.2) is 16.6 Å². The number of hydrogen-bond acceptors (Lipinski definition) is 2. The molecule has 0 fully saturated rings. The maximum Gasteiger partial charge on any atom is 0.179 e. The van der Waals surface area contributed by atoms with Crippen molar-refractivity contribution in [1.82, 2.24) is 4.98 Å². The molecule has 0 radical (unpaired) electrons. The van der Waals surface area contributed by atoms with E-state index in [1.807, 2.05) is 12.1 Å². The number of Topliss-reactive ketones (excluding diaryl/α,β-unsaturated/α-hetero) is 1. The standard InChI is InChI=1S/C12H10BrNO2/c1-16-6-4-8-7-2-3-10(15)12(7)14-11(8)9(13)5-6/h4-5,14H,2-3H2,1H3. The minimum atomic E-state index is 0.206. The molecule has 1 aliphatic rings. The quantitative estimate of drug-likeness (QED) is 0.872. The molecule has 16 heavy (non-hydrogen) atoms. The van der Waals surface area contributed by atoms with Gasteiger partial charge in [0.2, 0.25) is 0 Å². The predicted molar refractivity (Wildman–Crippen MR) is 65.2 cm³/mol. The first-order valence-corrected chi connectivity index (χ1v) is 5.91. The summed E-state index contributed by atoms with van der Waals surface area (Å²) >= 11 is 3.49. The number of aromatic amines is 1. The van der Waals surface area contributed by atoms with Crippen LogP contribution in [0.3, 0.4) is 0 Å². The number of carbonyl (C=O) groups excluding carboxylic acids is 1. The van der Waals surface area contributed by atoms with Crippen molar-refractivity contribution < 1.29 is 9.53 Å². The number of halogens is 1. The molecule has 1 aromatic heterocycles. The van der Waals surface area contributed by atoms with E-state index in [4.69, 9.17) is 4.74 Å². The highest BCUT2D eigenvalue weighted by Gasteiger charge is 2.25. The first-order chi connectivity index (χ1) is 7.70. The van der Waals surface area contributed by atoms with Gasteiger partial charge in [-0.2, -0.15) is 0 Å². The number of ether oxygens (including phenoxy) is 1. The van der Waals surface area contributed by atoms with Crippen molar-refractivity contribution in [3.63, 3.8) is 0 Å². The molecule has 4 heteroatoms. The van der Waals surface area contributed by atoms with Crippen molar-refractivity contribution in [2.45, 2.75) is 12.8 Å². The molecule has 0 atom stereocenters. The van der Waals surface area contributed by atoms with E-state index in [9.17, 15) is 4.79 Å². The summed E-state index contributed by atoms with van der Waals surface area (Å²) in [7, 11) is 1.64. The Balaban J connectivity index is 2.37. The lowest BCUT2D eigenvalue weighted by molar-refractivity contribution is 0.0991. The van der Waals surface area contributed by atoms with Crippen molar-refractivity contribution >= 4 is 32.6 Å². The molecular formula is C12H10BrNO2. The van der Waals surface area contributed by atoms with Crippen molar-refractivity contribution in [1.29, 1.82) is 0 Å². The molecule has 82 valence electrons. The smallest absolute Gasteiger partial charge is 0.179 e. The molecular weight excluding hydrogens is 270 g/mol. The zero-order valence-corrected chi connectivity index (χ0v) is 10.3. The first-order valence-electron chi connectivity index (χ1n) is 5.12.